The third-order valence-corrected chi connectivity index (χ3v) is 7.95. The van der Waals surface area contributed by atoms with Crippen LogP contribution >= 0.6 is 0 Å². The van der Waals surface area contributed by atoms with Crippen LogP contribution in [0.5, 0.6) is 0 Å². The highest BCUT2D eigenvalue weighted by molar-refractivity contribution is 5.99. The largest absolute Gasteiger partial charge is 0.384 e. The number of allylic oxidation sites excluding steroid dienone is 1. The summed E-state index contributed by atoms with van der Waals surface area (Å²) >= 11 is 0. The van der Waals surface area contributed by atoms with Crippen molar-refractivity contribution >= 4 is 11.6 Å². The quantitative estimate of drug-likeness (QED) is 0.748. The van der Waals surface area contributed by atoms with E-state index in [9.17, 15) is 14.7 Å². The summed E-state index contributed by atoms with van der Waals surface area (Å²) in [4.78, 5) is 24.2. The van der Waals surface area contributed by atoms with Gasteiger partial charge in [0, 0.05) is 12.8 Å². The topological polar surface area (TPSA) is 54.4 Å². The summed E-state index contributed by atoms with van der Waals surface area (Å²) in [6.07, 6.45) is 9.54. The Bertz CT molecular complexity index is 579. The van der Waals surface area contributed by atoms with E-state index in [0.717, 1.165) is 38.5 Å². The van der Waals surface area contributed by atoms with Gasteiger partial charge in [0.25, 0.3) is 0 Å². The highest BCUT2D eigenvalue weighted by atomic mass is 16.3. The van der Waals surface area contributed by atoms with Crippen LogP contribution in [0.15, 0.2) is 12.2 Å². The number of fused-ring (bicyclic) bond motifs is 5. The maximum Gasteiger partial charge on any atom is 0.164 e. The first-order chi connectivity index (χ1) is 10.3. The Morgan fingerprint density at radius 2 is 1.86 bits per heavy atom. The van der Waals surface area contributed by atoms with Gasteiger partial charge in [0.05, 0.1) is 11.0 Å². The fraction of sp³-hybridized carbons (Fsp3) is 0.789. The molecule has 0 radical (unpaired) electrons. The predicted molar refractivity (Wildman–Crippen MR) is 83.1 cm³/mol. The third-order valence-electron chi connectivity index (χ3n) is 7.95. The number of ketones is 2. The van der Waals surface area contributed by atoms with Crippen molar-refractivity contribution in [1.29, 1.82) is 0 Å². The SMILES string of the molecule is C[C@]12CCC(=O)CC1CC[C@@H]1[C@@H]2CC[C@]2(C)C(=O)C=C[C@]12O. The number of carbonyl (C=O) groups is 2. The van der Waals surface area contributed by atoms with Crippen LogP contribution in [0.3, 0.4) is 0 Å². The Morgan fingerprint density at radius 1 is 1.09 bits per heavy atom. The molecule has 4 aliphatic carbocycles. The molecule has 3 fully saturated rings. The summed E-state index contributed by atoms with van der Waals surface area (Å²) in [5, 5.41) is 11.4. The second-order valence-electron chi connectivity index (χ2n) is 8.63. The first kappa shape index (κ1) is 14.6. The number of hydrogen-bond acceptors (Lipinski definition) is 3. The second-order valence-corrected chi connectivity index (χ2v) is 8.63. The van der Waals surface area contributed by atoms with Crippen LogP contribution in [0, 0.1) is 28.6 Å². The van der Waals surface area contributed by atoms with E-state index in [1.165, 1.54) is 0 Å². The lowest BCUT2D eigenvalue weighted by Crippen LogP contribution is -2.62. The number of Topliss-reactive ketones (excluding diaryl/α,β-unsaturated/α-hetero) is 1. The van der Waals surface area contributed by atoms with Crippen molar-refractivity contribution in [3.63, 3.8) is 0 Å². The molecule has 120 valence electrons. The summed E-state index contributed by atoms with van der Waals surface area (Å²) in [7, 11) is 0. The van der Waals surface area contributed by atoms with Crippen LogP contribution in [0.1, 0.15) is 58.8 Å². The molecule has 4 aliphatic rings. The zero-order valence-electron chi connectivity index (χ0n) is 13.6. The molecule has 22 heavy (non-hydrogen) atoms. The van der Waals surface area contributed by atoms with E-state index in [0.29, 0.717) is 24.0 Å². The minimum absolute atomic E-state index is 0.0968. The van der Waals surface area contributed by atoms with Crippen LogP contribution < -0.4 is 0 Å². The highest BCUT2D eigenvalue weighted by Crippen LogP contribution is 2.65. The van der Waals surface area contributed by atoms with E-state index in [1.54, 1.807) is 12.2 Å². The van der Waals surface area contributed by atoms with Gasteiger partial charge >= 0.3 is 0 Å². The number of carbonyl (C=O) groups excluding carboxylic acids is 2. The maximum atomic E-state index is 12.3. The molecule has 4 rings (SSSR count). The zero-order chi connectivity index (χ0) is 15.8. The van der Waals surface area contributed by atoms with Gasteiger partial charge in [-0.2, -0.15) is 0 Å². The Kier molecular flexibility index (Phi) is 2.87. The fourth-order valence-corrected chi connectivity index (χ4v) is 6.31. The maximum absolute atomic E-state index is 12.3. The van der Waals surface area contributed by atoms with E-state index >= 15 is 0 Å². The zero-order valence-corrected chi connectivity index (χ0v) is 13.6. The smallest absolute Gasteiger partial charge is 0.164 e. The molecule has 0 saturated heterocycles. The van der Waals surface area contributed by atoms with Crippen LogP contribution in [0.25, 0.3) is 0 Å². The van der Waals surface area contributed by atoms with Crippen LogP contribution in [-0.2, 0) is 9.59 Å². The Hall–Kier alpha value is -0.960. The molecule has 1 unspecified atom stereocenters. The monoisotopic (exact) mass is 302 g/mol. The van der Waals surface area contributed by atoms with Crippen molar-refractivity contribution < 1.29 is 14.7 Å². The Balaban J connectivity index is 1.72. The molecule has 0 bridgehead atoms. The molecule has 0 amide bonds. The van der Waals surface area contributed by atoms with E-state index in [-0.39, 0.29) is 17.1 Å². The molecule has 0 aliphatic heterocycles. The van der Waals surface area contributed by atoms with Crippen LogP contribution in [0.4, 0.5) is 0 Å². The molecule has 0 aromatic carbocycles. The normalized spacial score (nSPS) is 53.9. The molecule has 0 spiro atoms. The van der Waals surface area contributed by atoms with Crippen molar-refractivity contribution in [1.82, 2.24) is 0 Å². The standard InChI is InChI=1S/C19H26O3/c1-17-8-5-13(20)11-12(17)3-4-15-14(17)6-9-18(2)16(21)7-10-19(15,18)22/h7,10,12,14-15,22H,3-6,8-9,11H2,1-2H3/t12?,14-,15+,17-,18+,19-/m0/s1. The van der Waals surface area contributed by atoms with E-state index in [1.807, 2.05) is 6.92 Å². The lowest BCUT2D eigenvalue weighted by molar-refractivity contribution is -0.184. The van der Waals surface area contributed by atoms with Crippen molar-refractivity contribution in [2.75, 3.05) is 0 Å². The van der Waals surface area contributed by atoms with Gasteiger partial charge in [-0.3, -0.25) is 9.59 Å². The van der Waals surface area contributed by atoms with Crippen molar-refractivity contribution in [2.24, 2.45) is 28.6 Å². The predicted octanol–water partition coefficient (Wildman–Crippen LogP) is 3.06. The summed E-state index contributed by atoms with van der Waals surface area (Å²) in [5.41, 5.74) is -1.43. The second kappa shape index (κ2) is 4.31. The highest BCUT2D eigenvalue weighted by Gasteiger charge is 2.65. The lowest BCUT2D eigenvalue weighted by atomic mass is 9.44. The van der Waals surface area contributed by atoms with Crippen molar-refractivity contribution in [3.8, 4) is 0 Å². The summed E-state index contributed by atoms with van der Waals surface area (Å²) < 4.78 is 0. The lowest BCUT2D eigenvalue weighted by Gasteiger charge is -2.61. The van der Waals surface area contributed by atoms with E-state index in [4.69, 9.17) is 0 Å². The summed E-state index contributed by atoms with van der Waals surface area (Å²) in [6.45, 7) is 4.29. The molecule has 1 N–H and O–H groups in total. The molecule has 6 atom stereocenters. The third kappa shape index (κ3) is 1.56. The molecule has 3 saturated carbocycles. The number of rotatable bonds is 0. The van der Waals surface area contributed by atoms with Gasteiger partial charge in [-0.25, -0.2) is 0 Å². The van der Waals surface area contributed by atoms with Crippen molar-refractivity contribution in [3.05, 3.63) is 12.2 Å². The van der Waals surface area contributed by atoms with E-state index < -0.39 is 11.0 Å². The van der Waals surface area contributed by atoms with Crippen LogP contribution in [0.2, 0.25) is 0 Å². The van der Waals surface area contributed by atoms with Crippen molar-refractivity contribution in [2.45, 2.75) is 64.4 Å². The molecule has 0 aromatic rings. The number of hydrogen-bond donors (Lipinski definition) is 1. The minimum Gasteiger partial charge on any atom is -0.384 e. The first-order valence-electron chi connectivity index (χ1n) is 8.79. The molecule has 0 heterocycles. The van der Waals surface area contributed by atoms with E-state index in [2.05, 4.69) is 6.92 Å². The summed E-state index contributed by atoms with van der Waals surface area (Å²) in [6, 6.07) is 0. The van der Waals surface area contributed by atoms with Gasteiger partial charge in [0.1, 0.15) is 5.78 Å². The van der Waals surface area contributed by atoms with Gasteiger partial charge in [0.15, 0.2) is 5.78 Å². The average Bonchev–Trinajstić information content (AvgIpc) is 2.72. The molecular formula is C19H26O3. The number of aliphatic hydroxyl groups is 1. The molecular weight excluding hydrogens is 276 g/mol. The average molecular weight is 302 g/mol. The molecule has 0 aromatic heterocycles. The Labute approximate surface area is 132 Å². The van der Waals surface area contributed by atoms with Gasteiger partial charge in [-0.15, -0.1) is 0 Å². The Morgan fingerprint density at radius 3 is 2.64 bits per heavy atom. The molecule has 3 nitrogen and oxygen atoms in total. The summed E-state index contributed by atoms with van der Waals surface area (Å²) in [5.74, 6) is 1.59. The van der Waals surface area contributed by atoms with Gasteiger partial charge < -0.3 is 5.11 Å². The minimum atomic E-state index is -0.970. The van der Waals surface area contributed by atoms with Crippen LogP contribution in [-0.4, -0.2) is 22.3 Å². The fourth-order valence-electron chi connectivity index (χ4n) is 6.31. The first-order valence-corrected chi connectivity index (χ1v) is 8.79. The van der Waals surface area contributed by atoms with Gasteiger partial charge in [-0.05, 0) is 74.3 Å². The molecule has 3 heteroatoms. The van der Waals surface area contributed by atoms with Gasteiger partial charge in [-0.1, -0.05) is 6.92 Å². The van der Waals surface area contributed by atoms with Gasteiger partial charge in [0.2, 0.25) is 0 Å².